The summed E-state index contributed by atoms with van der Waals surface area (Å²) in [5.74, 6) is -0.124. The predicted octanol–water partition coefficient (Wildman–Crippen LogP) is 2.28. The van der Waals surface area contributed by atoms with Gasteiger partial charge in [-0.15, -0.1) is 0 Å². The van der Waals surface area contributed by atoms with E-state index in [2.05, 4.69) is 16.3 Å². The van der Waals surface area contributed by atoms with E-state index in [1.54, 1.807) is 4.90 Å². The second-order valence-corrected chi connectivity index (χ2v) is 5.15. The van der Waals surface area contributed by atoms with Crippen LogP contribution in [0.15, 0.2) is 24.3 Å². The Kier molecular flexibility index (Phi) is 3.18. The Balaban J connectivity index is 2.01. The number of benzene rings is 1. The van der Waals surface area contributed by atoms with Gasteiger partial charge in [0.25, 0.3) is 5.91 Å². The first-order valence-electron chi connectivity index (χ1n) is 6.88. The van der Waals surface area contributed by atoms with E-state index in [0.717, 1.165) is 30.6 Å². The molecular weight excluding hydrogens is 252 g/mol. The van der Waals surface area contributed by atoms with Crippen molar-refractivity contribution in [3.63, 3.8) is 0 Å². The van der Waals surface area contributed by atoms with Crippen LogP contribution in [-0.2, 0) is 6.42 Å². The molecule has 1 aromatic carbocycles. The fourth-order valence-electron chi connectivity index (χ4n) is 2.63. The number of carbonyl (C=O) groups is 1. The van der Waals surface area contributed by atoms with Crippen molar-refractivity contribution in [2.75, 3.05) is 17.2 Å². The van der Waals surface area contributed by atoms with E-state index < -0.39 is 0 Å². The van der Waals surface area contributed by atoms with E-state index in [1.807, 2.05) is 25.1 Å². The Hall–Kier alpha value is -2.30. The zero-order chi connectivity index (χ0) is 14.1. The van der Waals surface area contributed by atoms with E-state index in [1.165, 1.54) is 5.56 Å². The van der Waals surface area contributed by atoms with E-state index in [4.69, 9.17) is 5.73 Å². The van der Waals surface area contributed by atoms with Crippen molar-refractivity contribution in [3.8, 4) is 0 Å². The molecule has 0 aliphatic carbocycles. The molecule has 104 valence electrons. The number of nitrogens with two attached hydrogens (primary N) is 1. The number of aromatic nitrogens is 2. The third-order valence-electron chi connectivity index (χ3n) is 3.80. The molecule has 0 saturated heterocycles. The van der Waals surface area contributed by atoms with Crippen LogP contribution in [0, 0.1) is 6.92 Å². The largest absolute Gasteiger partial charge is 0.395 e. The van der Waals surface area contributed by atoms with Gasteiger partial charge in [0.2, 0.25) is 0 Å². The Bertz CT molecular complexity index is 647. The first-order valence-corrected chi connectivity index (χ1v) is 6.88. The van der Waals surface area contributed by atoms with E-state index in [-0.39, 0.29) is 5.91 Å². The number of hydrogen-bond donors (Lipinski definition) is 2. The van der Waals surface area contributed by atoms with Crippen molar-refractivity contribution in [3.05, 3.63) is 41.2 Å². The zero-order valence-electron chi connectivity index (χ0n) is 11.5. The summed E-state index contributed by atoms with van der Waals surface area (Å²) in [6.45, 7) is 2.52. The van der Waals surface area contributed by atoms with E-state index in [9.17, 15) is 4.79 Å². The van der Waals surface area contributed by atoms with Crippen LogP contribution in [0.5, 0.6) is 0 Å². The van der Waals surface area contributed by atoms with Gasteiger partial charge in [-0.3, -0.25) is 9.89 Å². The van der Waals surface area contributed by atoms with Gasteiger partial charge in [-0.05, 0) is 37.8 Å². The van der Waals surface area contributed by atoms with Gasteiger partial charge in [0, 0.05) is 12.2 Å². The molecule has 0 saturated carbocycles. The molecular formula is C15H18N4O. The summed E-state index contributed by atoms with van der Waals surface area (Å²) >= 11 is 0. The molecule has 0 fully saturated rings. The number of carbonyl (C=O) groups excluding carboxylic acids is 1. The number of hydrogen-bond acceptors (Lipinski definition) is 3. The number of aryl methyl sites for hydroxylation is 2. The lowest BCUT2D eigenvalue weighted by molar-refractivity contribution is 0.0983. The highest BCUT2D eigenvalue weighted by atomic mass is 16.2. The summed E-state index contributed by atoms with van der Waals surface area (Å²) < 4.78 is 0. The number of anilines is 2. The number of aromatic amines is 1. The molecule has 1 aliphatic heterocycles. The van der Waals surface area contributed by atoms with Gasteiger partial charge in [-0.25, -0.2) is 0 Å². The summed E-state index contributed by atoms with van der Waals surface area (Å²) in [4.78, 5) is 14.5. The molecule has 1 aliphatic rings. The van der Waals surface area contributed by atoms with Crippen molar-refractivity contribution >= 4 is 17.3 Å². The molecule has 3 rings (SSSR count). The Labute approximate surface area is 117 Å². The van der Waals surface area contributed by atoms with Gasteiger partial charge in [0.05, 0.1) is 11.4 Å². The van der Waals surface area contributed by atoms with Crippen molar-refractivity contribution in [1.29, 1.82) is 0 Å². The molecule has 1 amide bonds. The fourth-order valence-corrected chi connectivity index (χ4v) is 2.63. The summed E-state index contributed by atoms with van der Waals surface area (Å²) in [7, 11) is 0. The lowest BCUT2D eigenvalue weighted by atomic mass is 10.1. The van der Waals surface area contributed by atoms with Crippen LogP contribution < -0.4 is 10.6 Å². The monoisotopic (exact) mass is 270 g/mol. The van der Waals surface area contributed by atoms with Crippen molar-refractivity contribution in [2.24, 2.45) is 0 Å². The molecule has 20 heavy (non-hydrogen) atoms. The smallest absolute Gasteiger partial charge is 0.280 e. The molecule has 0 spiro atoms. The molecule has 2 aromatic rings. The predicted molar refractivity (Wildman–Crippen MR) is 78.8 cm³/mol. The maximum Gasteiger partial charge on any atom is 0.280 e. The lowest BCUT2D eigenvalue weighted by Gasteiger charge is -2.22. The average molecular weight is 270 g/mol. The zero-order valence-corrected chi connectivity index (χ0v) is 11.5. The highest BCUT2D eigenvalue weighted by Gasteiger charge is 2.25. The standard InChI is InChI=1S/C15H18N4O/c1-10-13(16)14(18-17-10)15(20)19-9-5-4-7-11-6-2-3-8-12(11)19/h2-3,6,8H,4-5,7,9,16H2,1H3,(H,17,18). The van der Waals surface area contributed by atoms with Crippen LogP contribution in [-0.4, -0.2) is 22.6 Å². The molecule has 5 nitrogen and oxygen atoms in total. The van der Waals surface area contributed by atoms with Crippen molar-refractivity contribution in [2.45, 2.75) is 26.2 Å². The van der Waals surface area contributed by atoms with Crippen molar-refractivity contribution < 1.29 is 4.79 Å². The highest BCUT2D eigenvalue weighted by molar-refractivity contribution is 6.08. The van der Waals surface area contributed by atoms with E-state index in [0.29, 0.717) is 17.9 Å². The van der Waals surface area contributed by atoms with Crippen LogP contribution in [0.2, 0.25) is 0 Å². The molecule has 0 radical (unpaired) electrons. The molecule has 0 unspecified atom stereocenters. The van der Waals surface area contributed by atoms with Crippen LogP contribution in [0.4, 0.5) is 11.4 Å². The third kappa shape index (κ3) is 2.05. The molecule has 5 heteroatoms. The van der Waals surface area contributed by atoms with Crippen LogP contribution in [0.25, 0.3) is 0 Å². The van der Waals surface area contributed by atoms with Gasteiger partial charge in [0.1, 0.15) is 0 Å². The second kappa shape index (κ2) is 5.00. The Morgan fingerprint density at radius 3 is 2.90 bits per heavy atom. The number of nitrogens with one attached hydrogen (secondary N) is 1. The SMILES string of the molecule is Cc1[nH]nc(C(=O)N2CCCCc3ccccc32)c1N. The number of fused-ring (bicyclic) bond motifs is 1. The number of amides is 1. The van der Waals surface area contributed by atoms with E-state index >= 15 is 0 Å². The molecule has 0 bridgehead atoms. The molecule has 1 aromatic heterocycles. The minimum absolute atomic E-state index is 0.124. The van der Waals surface area contributed by atoms with Gasteiger partial charge >= 0.3 is 0 Å². The maximum absolute atomic E-state index is 12.7. The first-order chi connectivity index (χ1) is 9.68. The highest BCUT2D eigenvalue weighted by Crippen LogP contribution is 2.28. The van der Waals surface area contributed by atoms with Crippen LogP contribution in [0.3, 0.4) is 0 Å². The molecule has 2 heterocycles. The maximum atomic E-state index is 12.7. The first kappa shape index (κ1) is 12.7. The van der Waals surface area contributed by atoms with Gasteiger partial charge < -0.3 is 10.6 Å². The third-order valence-corrected chi connectivity index (χ3v) is 3.80. The number of H-pyrrole nitrogens is 1. The summed E-state index contributed by atoms with van der Waals surface area (Å²) in [6.07, 6.45) is 3.09. The summed E-state index contributed by atoms with van der Waals surface area (Å²) in [6, 6.07) is 8.05. The minimum atomic E-state index is -0.124. The Morgan fingerprint density at radius 1 is 1.35 bits per heavy atom. The average Bonchev–Trinajstić information content (AvgIpc) is 2.68. The normalized spacial score (nSPS) is 14.8. The second-order valence-electron chi connectivity index (χ2n) is 5.15. The van der Waals surface area contributed by atoms with Crippen LogP contribution in [0.1, 0.15) is 34.6 Å². The quantitative estimate of drug-likeness (QED) is 0.834. The number of nitrogens with zero attached hydrogens (tertiary/aromatic N) is 2. The minimum Gasteiger partial charge on any atom is -0.395 e. The number of para-hydroxylation sites is 1. The van der Waals surface area contributed by atoms with Gasteiger partial charge in [-0.2, -0.15) is 5.10 Å². The lowest BCUT2D eigenvalue weighted by Crippen LogP contribution is -2.32. The molecule has 3 N–H and O–H groups in total. The molecule has 0 atom stereocenters. The Morgan fingerprint density at radius 2 is 2.15 bits per heavy atom. The number of rotatable bonds is 1. The summed E-state index contributed by atoms with van der Waals surface area (Å²) in [5.41, 5.74) is 9.61. The van der Waals surface area contributed by atoms with Gasteiger partial charge in [-0.1, -0.05) is 18.2 Å². The topological polar surface area (TPSA) is 75.0 Å². The summed E-state index contributed by atoms with van der Waals surface area (Å²) in [5, 5.41) is 6.83. The van der Waals surface area contributed by atoms with Gasteiger partial charge in [0.15, 0.2) is 5.69 Å². The van der Waals surface area contributed by atoms with Crippen molar-refractivity contribution in [1.82, 2.24) is 10.2 Å². The fraction of sp³-hybridized carbons (Fsp3) is 0.333. The van der Waals surface area contributed by atoms with Crippen LogP contribution >= 0.6 is 0 Å². The number of nitrogen functional groups attached to an aromatic ring is 1.